The highest BCUT2D eigenvalue weighted by Gasteiger charge is 2.29. The van der Waals surface area contributed by atoms with E-state index in [-0.39, 0.29) is 11.1 Å². The number of carboxylic acid groups (broad SMARTS) is 1. The number of rotatable bonds is 4. The molecule has 2 rings (SSSR count). The van der Waals surface area contributed by atoms with Crippen LogP contribution in [0.5, 0.6) is 0 Å². The molecule has 1 heterocycles. The van der Waals surface area contributed by atoms with Crippen LogP contribution in [-0.2, 0) is 4.79 Å². The molecule has 0 amide bonds. The lowest BCUT2D eigenvalue weighted by Gasteiger charge is -2.11. The number of allylic oxidation sites excluding steroid dienone is 1. The first kappa shape index (κ1) is 14.8. The predicted octanol–water partition coefficient (Wildman–Crippen LogP) is 3.29. The highest BCUT2D eigenvalue weighted by molar-refractivity contribution is 5.90. The molecular weight excluding hydrogens is 285 g/mol. The molecule has 4 nitrogen and oxygen atoms in total. The maximum atomic E-state index is 12.5. The Labute approximate surface area is 118 Å². The fraction of sp³-hybridized carbons (Fsp3) is 0.143. The summed E-state index contributed by atoms with van der Waals surface area (Å²) in [5.74, 6) is -1.41. The van der Waals surface area contributed by atoms with Gasteiger partial charge in [0.2, 0.25) is 0 Å². The first-order valence-electron chi connectivity index (χ1n) is 5.94. The zero-order valence-corrected chi connectivity index (χ0v) is 10.7. The monoisotopic (exact) mass is 296 g/mol. The van der Waals surface area contributed by atoms with E-state index < -0.39 is 18.6 Å². The number of carbonyl (C=O) groups is 1. The summed E-state index contributed by atoms with van der Waals surface area (Å²) < 4.78 is 39.2. The van der Waals surface area contributed by atoms with Crippen LogP contribution in [-0.4, -0.2) is 26.8 Å². The van der Waals surface area contributed by atoms with Crippen molar-refractivity contribution in [1.82, 2.24) is 9.55 Å². The summed E-state index contributed by atoms with van der Waals surface area (Å²) in [6.07, 6.45) is -0.349. The minimum absolute atomic E-state index is 0.221. The molecule has 0 aliphatic heterocycles. The molecule has 110 valence electrons. The number of nitrogens with zero attached hydrogens (tertiary/aromatic N) is 2. The van der Waals surface area contributed by atoms with Crippen LogP contribution in [0.1, 0.15) is 12.0 Å². The van der Waals surface area contributed by atoms with Crippen molar-refractivity contribution in [2.75, 3.05) is 0 Å². The van der Waals surface area contributed by atoms with Crippen LogP contribution in [0.2, 0.25) is 0 Å². The van der Waals surface area contributed by atoms with Crippen LogP contribution in [0.25, 0.3) is 11.3 Å². The van der Waals surface area contributed by atoms with Crippen molar-refractivity contribution in [3.05, 3.63) is 54.6 Å². The Kier molecular flexibility index (Phi) is 4.11. The van der Waals surface area contributed by atoms with E-state index in [1.165, 1.54) is 12.1 Å². The Hall–Kier alpha value is -2.57. The SMILES string of the molecule is O=C(O)/C=C(\CC(F)(F)F)c1ccc(-n2ccnc2)cc1. The van der Waals surface area contributed by atoms with Gasteiger partial charge in [-0.25, -0.2) is 9.78 Å². The molecule has 1 aromatic carbocycles. The average Bonchev–Trinajstić information content (AvgIpc) is 2.90. The van der Waals surface area contributed by atoms with Crippen molar-refractivity contribution in [3.8, 4) is 5.69 Å². The summed E-state index contributed by atoms with van der Waals surface area (Å²) in [4.78, 5) is 14.5. The van der Waals surface area contributed by atoms with E-state index in [0.717, 1.165) is 5.69 Å². The summed E-state index contributed by atoms with van der Waals surface area (Å²) in [6, 6.07) is 6.11. The Bertz CT molecular complexity index is 644. The molecule has 0 fully saturated rings. The van der Waals surface area contributed by atoms with Crippen molar-refractivity contribution in [3.63, 3.8) is 0 Å². The summed E-state index contributed by atoms with van der Waals surface area (Å²) in [5.41, 5.74) is 0.656. The van der Waals surface area contributed by atoms with E-state index in [4.69, 9.17) is 5.11 Å². The normalized spacial score (nSPS) is 12.4. The van der Waals surface area contributed by atoms with Gasteiger partial charge in [-0.2, -0.15) is 13.2 Å². The molecule has 0 spiro atoms. The van der Waals surface area contributed by atoms with Gasteiger partial charge in [-0.3, -0.25) is 0 Å². The van der Waals surface area contributed by atoms with Crippen LogP contribution in [0.3, 0.4) is 0 Å². The van der Waals surface area contributed by atoms with Gasteiger partial charge >= 0.3 is 12.1 Å². The summed E-state index contributed by atoms with van der Waals surface area (Å²) in [6.45, 7) is 0. The van der Waals surface area contributed by atoms with Gasteiger partial charge in [0.25, 0.3) is 0 Å². The molecular formula is C14H11F3N2O2. The van der Waals surface area contributed by atoms with Crippen LogP contribution < -0.4 is 0 Å². The van der Waals surface area contributed by atoms with E-state index in [1.807, 2.05) is 0 Å². The first-order valence-corrected chi connectivity index (χ1v) is 5.94. The van der Waals surface area contributed by atoms with E-state index in [2.05, 4.69) is 4.98 Å². The zero-order chi connectivity index (χ0) is 15.5. The maximum Gasteiger partial charge on any atom is 0.393 e. The molecule has 0 radical (unpaired) electrons. The average molecular weight is 296 g/mol. The van der Waals surface area contributed by atoms with Gasteiger partial charge in [0.15, 0.2) is 0 Å². The fourth-order valence-corrected chi connectivity index (χ4v) is 1.86. The summed E-state index contributed by atoms with van der Waals surface area (Å²) in [7, 11) is 0. The number of aliphatic carboxylic acids is 1. The Balaban J connectivity index is 2.31. The number of halogens is 3. The van der Waals surface area contributed by atoms with Crippen LogP contribution >= 0.6 is 0 Å². The van der Waals surface area contributed by atoms with Gasteiger partial charge in [-0.15, -0.1) is 0 Å². The van der Waals surface area contributed by atoms with Crippen LogP contribution in [0.4, 0.5) is 13.2 Å². The Morgan fingerprint density at radius 3 is 2.43 bits per heavy atom. The molecule has 0 atom stereocenters. The van der Waals surface area contributed by atoms with Crippen molar-refractivity contribution in [2.24, 2.45) is 0 Å². The van der Waals surface area contributed by atoms with Gasteiger partial charge in [-0.05, 0) is 23.3 Å². The molecule has 0 unspecified atom stereocenters. The molecule has 21 heavy (non-hydrogen) atoms. The quantitative estimate of drug-likeness (QED) is 0.881. The second-order valence-electron chi connectivity index (χ2n) is 4.32. The zero-order valence-electron chi connectivity index (χ0n) is 10.7. The van der Waals surface area contributed by atoms with E-state index in [9.17, 15) is 18.0 Å². The number of aromatic nitrogens is 2. The topological polar surface area (TPSA) is 55.1 Å². The third kappa shape index (κ3) is 4.20. The largest absolute Gasteiger partial charge is 0.478 e. The number of carboxylic acids is 1. The highest BCUT2D eigenvalue weighted by Crippen LogP contribution is 2.30. The van der Waals surface area contributed by atoms with E-state index >= 15 is 0 Å². The predicted molar refractivity (Wildman–Crippen MR) is 69.8 cm³/mol. The highest BCUT2D eigenvalue weighted by atomic mass is 19.4. The lowest BCUT2D eigenvalue weighted by molar-refractivity contribution is -0.131. The van der Waals surface area contributed by atoms with Gasteiger partial charge in [0.05, 0.1) is 12.7 Å². The molecule has 0 saturated heterocycles. The summed E-state index contributed by atoms with van der Waals surface area (Å²) in [5, 5.41) is 8.69. The van der Waals surface area contributed by atoms with Gasteiger partial charge in [0.1, 0.15) is 0 Å². The molecule has 7 heteroatoms. The smallest absolute Gasteiger partial charge is 0.393 e. The van der Waals surface area contributed by atoms with Crippen LogP contribution in [0.15, 0.2) is 49.1 Å². The molecule has 2 aromatic rings. The maximum absolute atomic E-state index is 12.5. The second-order valence-corrected chi connectivity index (χ2v) is 4.32. The molecule has 0 aliphatic carbocycles. The molecule has 0 saturated carbocycles. The summed E-state index contributed by atoms with van der Waals surface area (Å²) >= 11 is 0. The minimum atomic E-state index is -4.47. The van der Waals surface area contributed by atoms with Crippen molar-refractivity contribution in [1.29, 1.82) is 0 Å². The fourth-order valence-electron chi connectivity index (χ4n) is 1.86. The lowest BCUT2D eigenvalue weighted by Crippen LogP contribution is -2.09. The molecule has 1 N–H and O–H groups in total. The van der Waals surface area contributed by atoms with Crippen molar-refractivity contribution >= 4 is 11.5 Å². The second kappa shape index (κ2) is 5.82. The van der Waals surface area contributed by atoms with E-state index in [0.29, 0.717) is 6.08 Å². The van der Waals surface area contributed by atoms with Crippen LogP contribution in [0, 0.1) is 0 Å². The number of alkyl halides is 3. The number of hydrogen-bond donors (Lipinski definition) is 1. The third-order valence-corrected chi connectivity index (χ3v) is 2.73. The Morgan fingerprint density at radius 1 is 1.29 bits per heavy atom. The first-order chi connectivity index (χ1) is 9.85. The van der Waals surface area contributed by atoms with E-state index in [1.54, 1.807) is 35.4 Å². The van der Waals surface area contributed by atoms with Crippen molar-refractivity contribution in [2.45, 2.75) is 12.6 Å². The van der Waals surface area contributed by atoms with Gasteiger partial charge < -0.3 is 9.67 Å². The van der Waals surface area contributed by atoms with Crippen molar-refractivity contribution < 1.29 is 23.1 Å². The number of benzene rings is 1. The molecule has 0 bridgehead atoms. The molecule has 0 aliphatic rings. The van der Waals surface area contributed by atoms with Gasteiger partial charge in [0, 0.05) is 24.2 Å². The third-order valence-electron chi connectivity index (χ3n) is 2.73. The minimum Gasteiger partial charge on any atom is -0.478 e. The standard InChI is InChI=1S/C14H11F3N2O2/c15-14(16,17)8-11(7-13(20)21)10-1-3-12(4-2-10)19-6-5-18-9-19/h1-7,9H,8H2,(H,20,21)/b11-7+. The Morgan fingerprint density at radius 2 is 1.95 bits per heavy atom. The number of hydrogen-bond acceptors (Lipinski definition) is 2. The molecule has 1 aromatic heterocycles. The number of imidazole rings is 1. The van der Waals surface area contributed by atoms with Gasteiger partial charge in [-0.1, -0.05) is 12.1 Å². The lowest BCUT2D eigenvalue weighted by atomic mass is 10.0.